The van der Waals surface area contributed by atoms with Crippen molar-refractivity contribution in [1.29, 1.82) is 0 Å². The number of morpholine rings is 1. The molecule has 0 aliphatic carbocycles. The van der Waals surface area contributed by atoms with Gasteiger partial charge in [0.1, 0.15) is 11.3 Å². The first-order valence-corrected chi connectivity index (χ1v) is 10.3. The van der Waals surface area contributed by atoms with Crippen LogP contribution in [-0.2, 0) is 11.3 Å². The number of nitrogens with one attached hydrogen (secondary N) is 2. The predicted octanol–water partition coefficient (Wildman–Crippen LogP) is 1.50. The molecule has 0 saturated carbocycles. The Kier molecular flexibility index (Phi) is 6.54. The van der Waals surface area contributed by atoms with Gasteiger partial charge in [-0.1, -0.05) is 0 Å². The maximum atomic E-state index is 12.5. The van der Waals surface area contributed by atoms with Gasteiger partial charge in [0.05, 0.1) is 37.2 Å². The van der Waals surface area contributed by atoms with E-state index >= 15 is 0 Å². The second-order valence-corrected chi connectivity index (χ2v) is 7.35. The minimum Gasteiger partial charge on any atom is -0.395 e. The molecule has 1 aliphatic rings. The SMILES string of the molecule is Cc1ccncc1CNc1cc(C(=O)NCCO)cc2ncc(N3CCOCC3)nc12. The summed E-state index contributed by atoms with van der Waals surface area (Å²) in [6.45, 7) is 5.50. The average Bonchev–Trinajstić information content (AvgIpc) is 2.82. The Labute approximate surface area is 180 Å². The van der Waals surface area contributed by atoms with Crippen LogP contribution in [0.2, 0.25) is 0 Å². The van der Waals surface area contributed by atoms with Crippen LogP contribution >= 0.6 is 0 Å². The largest absolute Gasteiger partial charge is 0.395 e. The number of carbonyl (C=O) groups excluding carboxylic acids is 1. The Hall–Kier alpha value is -3.30. The summed E-state index contributed by atoms with van der Waals surface area (Å²) < 4.78 is 5.44. The van der Waals surface area contributed by atoms with Gasteiger partial charge in [-0.05, 0) is 36.2 Å². The summed E-state index contributed by atoms with van der Waals surface area (Å²) in [4.78, 5) is 28.3. The number of aliphatic hydroxyl groups is 1. The zero-order valence-corrected chi connectivity index (χ0v) is 17.5. The number of aliphatic hydroxyl groups excluding tert-OH is 1. The lowest BCUT2D eigenvalue weighted by Crippen LogP contribution is -2.36. The molecule has 162 valence electrons. The van der Waals surface area contributed by atoms with Gasteiger partial charge in [0.2, 0.25) is 0 Å². The monoisotopic (exact) mass is 422 g/mol. The molecule has 0 unspecified atom stereocenters. The van der Waals surface area contributed by atoms with E-state index in [-0.39, 0.29) is 19.1 Å². The fourth-order valence-corrected chi connectivity index (χ4v) is 3.46. The molecule has 4 rings (SSSR count). The number of hydrogen-bond donors (Lipinski definition) is 3. The lowest BCUT2D eigenvalue weighted by molar-refractivity contribution is 0.0945. The molecule has 0 atom stereocenters. The van der Waals surface area contributed by atoms with Crippen molar-refractivity contribution in [2.75, 3.05) is 49.7 Å². The van der Waals surface area contributed by atoms with Crippen molar-refractivity contribution in [2.24, 2.45) is 0 Å². The zero-order valence-electron chi connectivity index (χ0n) is 17.5. The number of benzene rings is 1. The zero-order chi connectivity index (χ0) is 21.6. The second-order valence-electron chi connectivity index (χ2n) is 7.35. The molecule has 3 heterocycles. The summed E-state index contributed by atoms with van der Waals surface area (Å²) in [5, 5.41) is 15.1. The summed E-state index contributed by atoms with van der Waals surface area (Å²) in [5.74, 6) is 0.518. The van der Waals surface area contributed by atoms with Gasteiger partial charge < -0.3 is 25.4 Å². The van der Waals surface area contributed by atoms with Crippen molar-refractivity contribution in [3.05, 3.63) is 53.5 Å². The molecule has 1 saturated heterocycles. The minimum atomic E-state index is -0.268. The first-order chi connectivity index (χ1) is 15.2. The van der Waals surface area contributed by atoms with E-state index in [1.165, 1.54) is 0 Å². The van der Waals surface area contributed by atoms with Crippen molar-refractivity contribution < 1.29 is 14.6 Å². The van der Waals surface area contributed by atoms with E-state index in [9.17, 15) is 4.79 Å². The molecule has 3 N–H and O–H groups in total. The van der Waals surface area contributed by atoms with Gasteiger partial charge in [0.15, 0.2) is 0 Å². The van der Waals surface area contributed by atoms with Crippen LogP contribution in [-0.4, -0.2) is 65.4 Å². The first kappa shape index (κ1) is 21.0. The van der Waals surface area contributed by atoms with Crippen LogP contribution in [0.4, 0.5) is 11.5 Å². The van der Waals surface area contributed by atoms with Crippen LogP contribution in [0.15, 0.2) is 36.8 Å². The quantitative estimate of drug-likeness (QED) is 0.525. The van der Waals surface area contributed by atoms with Crippen molar-refractivity contribution in [3.63, 3.8) is 0 Å². The van der Waals surface area contributed by atoms with E-state index in [0.29, 0.717) is 36.4 Å². The minimum absolute atomic E-state index is 0.118. The van der Waals surface area contributed by atoms with Gasteiger partial charge in [-0.3, -0.25) is 14.8 Å². The summed E-state index contributed by atoms with van der Waals surface area (Å²) in [7, 11) is 0. The molecule has 1 aliphatic heterocycles. The van der Waals surface area contributed by atoms with Crippen LogP contribution in [0.3, 0.4) is 0 Å². The van der Waals surface area contributed by atoms with Crippen LogP contribution in [0, 0.1) is 6.92 Å². The van der Waals surface area contributed by atoms with Gasteiger partial charge in [-0.25, -0.2) is 4.98 Å². The van der Waals surface area contributed by atoms with E-state index < -0.39 is 0 Å². The van der Waals surface area contributed by atoms with Crippen molar-refractivity contribution in [2.45, 2.75) is 13.5 Å². The van der Waals surface area contributed by atoms with Crippen LogP contribution < -0.4 is 15.5 Å². The van der Waals surface area contributed by atoms with Crippen LogP contribution in [0.1, 0.15) is 21.5 Å². The summed E-state index contributed by atoms with van der Waals surface area (Å²) >= 11 is 0. The van der Waals surface area contributed by atoms with Gasteiger partial charge in [-0.15, -0.1) is 0 Å². The molecule has 31 heavy (non-hydrogen) atoms. The highest BCUT2D eigenvalue weighted by atomic mass is 16.5. The van der Waals surface area contributed by atoms with Gasteiger partial charge in [0.25, 0.3) is 5.91 Å². The summed E-state index contributed by atoms with van der Waals surface area (Å²) in [6.07, 6.45) is 5.33. The smallest absolute Gasteiger partial charge is 0.251 e. The molecule has 3 aromatic rings. The Morgan fingerprint density at radius 2 is 2.10 bits per heavy atom. The third-order valence-electron chi connectivity index (χ3n) is 5.25. The number of hydrogen-bond acceptors (Lipinski definition) is 8. The van der Waals surface area contributed by atoms with Crippen LogP contribution in [0.5, 0.6) is 0 Å². The maximum absolute atomic E-state index is 12.5. The molecule has 0 bridgehead atoms. The molecular weight excluding hydrogens is 396 g/mol. The number of nitrogens with zero attached hydrogens (tertiary/aromatic N) is 4. The Balaban J connectivity index is 1.70. The fraction of sp³-hybridized carbons (Fsp3) is 0.364. The highest BCUT2D eigenvalue weighted by Gasteiger charge is 2.17. The molecule has 1 fully saturated rings. The topological polar surface area (TPSA) is 112 Å². The predicted molar refractivity (Wildman–Crippen MR) is 118 cm³/mol. The van der Waals surface area contributed by atoms with E-state index in [4.69, 9.17) is 14.8 Å². The molecule has 9 nitrogen and oxygen atoms in total. The average molecular weight is 422 g/mol. The third kappa shape index (κ3) is 4.89. The molecule has 0 radical (unpaired) electrons. The molecule has 1 aromatic carbocycles. The molecule has 1 amide bonds. The highest BCUT2D eigenvalue weighted by molar-refractivity contribution is 6.01. The van der Waals surface area contributed by atoms with E-state index in [1.807, 2.05) is 19.2 Å². The standard InChI is InChI=1S/C22H26N6O3/c1-15-2-3-23-12-17(15)13-25-18-10-16(22(30)24-4-7-29)11-19-21(18)27-20(14-26-19)28-5-8-31-9-6-28/h2-3,10-12,14,25,29H,4-9,13H2,1H3,(H,24,30). The van der Waals surface area contributed by atoms with Crippen LogP contribution in [0.25, 0.3) is 11.0 Å². The van der Waals surface area contributed by atoms with E-state index in [0.717, 1.165) is 35.7 Å². The number of aromatic nitrogens is 3. The number of carbonyl (C=O) groups is 1. The number of aryl methyl sites for hydroxylation is 1. The number of fused-ring (bicyclic) bond motifs is 1. The molecular formula is C22H26N6O3. The Bertz CT molecular complexity index is 1070. The Morgan fingerprint density at radius 1 is 1.26 bits per heavy atom. The maximum Gasteiger partial charge on any atom is 0.251 e. The summed E-state index contributed by atoms with van der Waals surface area (Å²) in [6, 6.07) is 5.46. The van der Waals surface area contributed by atoms with E-state index in [2.05, 4.69) is 25.5 Å². The molecule has 9 heteroatoms. The van der Waals surface area contributed by atoms with E-state index in [1.54, 1.807) is 24.5 Å². The van der Waals surface area contributed by atoms with Gasteiger partial charge >= 0.3 is 0 Å². The number of amides is 1. The summed E-state index contributed by atoms with van der Waals surface area (Å²) in [5.41, 5.74) is 4.69. The Morgan fingerprint density at radius 3 is 2.87 bits per heavy atom. The number of ether oxygens (including phenoxy) is 1. The third-order valence-corrected chi connectivity index (χ3v) is 5.25. The second kappa shape index (κ2) is 9.67. The molecule has 0 spiro atoms. The number of pyridine rings is 1. The number of rotatable bonds is 7. The highest BCUT2D eigenvalue weighted by Crippen LogP contribution is 2.26. The van der Waals surface area contributed by atoms with Crippen molar-refractivity contribution in [1.82, 2.24) is 20.3 Å². The van der Waals surface area contributed by atoms with Gasteiger partial charge in [-0.2, -0.15) is 0 Å². The lowest BCUT2D eigenvalue weighted by Gasteiger charge is -2.27. The van der Waals surface area contributed by atoms with Crippen molar-refractivity contribution in [3.8, 4) is 0 Å². The fourth-order valence-electron chi connectivity index (χ4n) is 3.46. The normalized spacial score (nSPS) is 13.9. The number of anilines is 2. The van der Waals surface area contributed by atoms with Gasteiger partial charge in [0, 0.05) is 44.1 Å². The lowest BCUT2D eigenvalue weighted by atomic mass is 10.1. The molecule has 2 aromatic heterocycles. The van der Waals surface area contributed by atoms with Crippen molar-refractivity contribution >= 4 is 28.4 Å². The first-order valence-electron chi connectivity index (χ1n) is 10.3.